The molecule has 3 nitrogen and oxygen atoms in total. The molecule has 2 N–H and O–H groups in total. The van der Waals surface area contributed by atoms with Crippen LogP contribution in [0.15, 0.2) is 24.3 Å². The Bertz CT molecular complexity index is 552. The number of hydrogen-bond acceptors (Lipinski definition) is 2. The fourth-order valence-electron chi connectivity index (χ4n) is 4.66. The maximum Gasteiger partial charge on any atom is 0.308 e. The van der Waals surface area contributed by atoms with Crippen molar-refractivity contribution in [1.82, 2.24) is 5.32 Å². The molecule has 21 heavy (non-hydrogen) atoms. The van der Waals surface area contributed by atoms with E-state index >= 15 is 0 Å². The smallest absolute Gasteiger partial charge is 0.308 e. The van der Waals surface area contributed by atoms with Gasteiger partial charge in [-0.1, -0.05) is 24.3 Å². The lowest BCUT2D eigenvalue weighted by Gasteiger charge is -2.29. The van der Waals surface area contributed by atoms with Gasteiger partial charge >= 0.3 is 5.97 Å². The summed E-state index contributed by atoms with van der Waals surface area (Å²) in [6.45, 7) is 0.824. The van der Waals surface area contributed by atoms with Gasteiger partial charge < -0.3 is 10.4 Å². The van der Waals surface area contributed by atoms with Crippen LogP contribution in [0.2, 0.25) is 0 Å². The van der Waals surface area contributed by atoms with Crippen LogP contribution in [0.25, 0.3) is 0 Å². The first-order chi connectivity index (χ1) is 10.2. The Labute approximate surface area is 125 Å². The number of carboxylic acids is 1. The number of carbonyl (C=O) groups is 1. The number of fused-ring (bicyclic) bond motifs is 2. The lowest BCUT2D eigenvalue weighted by Crippen LogP contribution is -2.43. The number of aliphatic carboxylic acids is 1. The summed E-state index contributed by atoms with van der Waals surface area (Å²) in [6, 6.07) is 8.83. The van der Waals surface area contributed by atoms with Gasteiger partial charge in [-0.25, -0.2) is 0 Å². The first-order valence-corrected chi connectivity index (χ1v) is 8.28. The second kappa shape index (κ2) is 5.13. The molecule has 3 heteroatoms. The zero-order valence-corrected chi connectivity index (χ0v) is 12.3. The average Bonchev–Trinajstić information content (AvgIpc) is 3.13. The highest BCUT2D eigenvalue weighted by Crippen LogP contribution is 2.49. The monoisotopic (exact) mass is 285 g/mol. The summed E-state index contributed by atoms with van der Waals surface area (Å²) in [4.78, 5) is 11.6. The molecule has 3 fully saturated rings. The minimum Gasteiger partial charge on any atom is -0.481 e. The predicted molar refractivity (Wildman–Crippen MR) is 81.0 cm³/mol. The Kier molecular flexibility index (Phi) is 3.26. The summed E-state index contributed by atoms with van der Waals surface area (Å²) < 4.78 is 0. The molecule has 0 amide bonds. The van der Waals surface area contributed by atoms with Crippen LogP contribution in [0, 0.1) is 17.8 Å². The van der Waals surface area contributed by atoms with Gasteiger partial charge in [-0.3, -0.25) is 4.79 Å². The van der Waals surface area contributed by atoms with Crippen molar-refractivity contribution in [3.63, 3.8) is 0 Å². The Balaban J connectivity index is 1.48. The molecule has 0 aromatic heterocycles. The van der Waals surface area contributed by atoms with Crippen LogP contribution in [-0.4, -0.2) is 17.1 Å². The second-order valence-corrected chi connectivity index (χ2v) is 7.08. The number of carboxylic acid groups (broad SMARTS) is 1. The van der Waals surface area contributed by atoms with Crippen molar-refractivity contribution in [3.8, 4) is 0 Å². The summed E-state index contributed by atoms with van der Waals surface area (Å²) in [5, 5.41) is 13.1. The third kappa shape index (κ3) is 2.38. The van der Waals surface area contributed by atoms with Crippen molar-refractivity contribution >= 4 is 5.97 Å². The number of nitrogens with one attached hydrogen (secondary N) is 1. The molecular weight excluding hydrogens is 262 g/mol. The molecule has 0 aliphatic heterocycles. The number of benzene rings is 1. The summed E-state index contributed by atoms with van der Waals surface area (Å²) in [5.41, 5.74) is 2.84. The van der Waals surface area contributed by atoms with Crippen LogP contribution in [0.1, 0.15) is 49.1 Å². The highest BCUT2D eigenvalue weighted by Gasteiger charge is 2.50. The van der Waals surface area contributed by atoms with Gasteiger partial charge in [0.1, 0.15) is 0 Å². The van der Waals surface area contributed by atoms with Crippen molar-refractivity contribution < 1.29 is 9.90 Å². The first kappa shape index (κ1) is 13.3. The zero-order valence-electron chi connectivity index (χ0n) is 12.3. The summed E-state index contributed by atoms with van der Waals surface area (Å²) >= 11 is 0. The van der Waals surface area contributed by atoms with Gasteiger partial charge in [-0.05, 0) is 61.0 Å². The highest BCUT2D eigenvalue weighted by molar-refractivity contribution is 5.72. The van der Waals surface area contributed by atoms with Crippen LogP contribution in [0.3, 0.4) is 0 Å². The van der Waals surface area contributed by atoms with Gasteiger partial charge in [0.05, 0.1) is 5.92 Å². The minimum absolute atomic E-state index is 0.170. The predicted octanol–water partition coefficient (Wildman–Crippen LogP) is 3.15. The molecule has 0 saturated heterocycles. The van der Waals surface area contributed by atoms with Crippen molar-refractivity contribution in [2.45, 2.75) is 50.6 Å². The number of hydrogen-bond donors (Lipinski definition) is 2. The van der Waals surface area contributed by atoms with Crippen LogP contribution in [0.5, 0.6) is 0 Å². The highest BCUT2D eigenvalue weighted by atomic mass is 16.4. The largest absolute Gasteiger partial charge is 0.481 e. The molecule has 0 heterocycles. The maximum absolute atomic E-state index is 11.6. The summed E-state index contributed by atoms with van der Waals surface area (Å²) in [6.07, 6.45) is 6.04. The maximum atomic E-state index is 11.6. The lowest BCUT2D eigenvalue weighted by atomic mass is 9.84. The second-order valence-electron chi connectivity index (χ2n) is 7.08. The average molecular weight is 285 g/mol. The van der Waals surface area contributed by atoms with E-state index in [2.05, 4.69) is 29.6 Å². The standard InChI is InChI=1S/C18H23NO2/c20-18(21)16-12-7-8-13(9-12)17(16)19-10-14-3-1-2-4-15(14)11-5-6-11/h1-4,11-13,16-17,19H,5-10H2,(H,20,21). The Morgan fingerprint density at radius 1 is 1.14 bits per heavy atom. The van der Waals surface area contributed by atoms with Crippen molar-refractivity contribution in [1.29, 1.82) is 0 Å². The van der Waals surface area contributed by atoms with E-state index in [1.807, 2.05) is 0 Å². The van der Waals surface area contributed by atoms with E-state index in [0.29, 0.717) is 11.8 Å². The minimum atomic E-state index is -0.602. The quantitative estimate of drug-likeness (QED) is 0.873. The first-order valence-electron chi connectivity index (χ1n) is 8.28. The SMILES string of the molecule is O=C(O)C1C2CCC(C2)C1NCc1ccccc1C1CC1. The molecule has 1 aromatic carbocycles. The zero-order chi connectivity index (χ0) is 14.4. The van der Waals surface area contributed by atoms with E-state index in [1.54, 1.807) is 0 Å². The Morgan fingerprint density at radius 2 is 1.90 bits per heavy atom. The molecule has 4 atom stereocenters. The van der Waals surface area contributed by atoms with Crippen LogP contribution in [-0.2, 0) is 11.3 Å². The molecule has 1 aromatic rings. The lowest BCUT2D eigenvalue weighted by molar-refractivity contribution is -0.144. The molecule has 4 unspecified atom stereocenters. The molecule has 112 valence electrons. The van der Waals surface area contributed by atoms with Gasteiger partial charge in [0, 0.05) is 12.6 Å². The third-order valence-electron chi connectivity index (χ3n) is 5.80. The molecule has 2 bridgehead atoms. The van der Waals surface area contributed by atoms with Crippen molar-refractivity contribution in [2.24, 2.45) is 17.8 Å². The number of rotatable bonds is 5. The van der Waals surface area contributed by atoms with Gasteiger partial charge in [-0.2, -0.15) is 0 Å². The summed E-state index contributed by atoms with van der Waals surface area (Å²) in [7, 11) is 0. The van der Waals surface area contributed by atoms with Crippen LogP contribution in [0.4, 0.5) is 0 Å². The Morgan fingerprint density at radius 3 is 2.67 bits per heavy atom. The van der Waals surface area contributed by atoms with Gasteiger partial charge in [0.2, 0.25) is 0 Å². The van der Waals surface area contributed by atoms with Crippen LogP contribution >= 0.6 is 0 Å². The Hall–Kier alpha value is -1.35. The molecule has 4 rings (SSSR count). The molecule has 3 saturated carbocycles. The van der Waals surface area contributed by atoms with E-state index in [-0.39, 0.29) is 12.0 Å². The van der Waals surface area contributed by atoms with Crippen LogP contribution < -0.4 is 5.32 Å². The van der Waals surface area contributed by atoms with Gasteiger partial charge in [0.15, 0.2) is 0 Å². The van der Waals surface area contributed by atoms with E-state index < -0.39 is 5.97 Å². The van der Waals surface area contributed by atoms with Crippen molar-refractivity contribution in [2.75, 3.05) is 0 Å². The van der Waals surface area contributed by atoms with Crippen molar-refractivity contribution in [3.05, 3.63) is 35.4 Å². The molecule has 0 spiro atoms. The van der Waals surface area contributed by atoms with E-state index in [1.165, 1.54) is 30.4 Å². The van der Waals surface area contributed by atoms with Gasteiger partial charge in [-0.15, -0.1) is 0 Å². The summed E-state index contributed by atoms with van der Waals surface area (Å²) in [5.74, 6) is 0.957. The van der Waals surface area contributed by atoms with E-state index in [4.69, 9.17) is 0 Å². The van der Waals surface area contributed by atoms with E-state index in [9.17, 15) is 9.90 Å². The van der Waals surface area contributed by atoms with Gasteiger partial charge in [0.25, 0.3) is 0 Å². The normalized spacial score (nSPS) is 34.3. The topological polar surface area (TPSA) is 49.3 Å². The fourth-order valence-corrected chi connectivity index (χ4v) is 4.66. The molecule has 3 aliphatic carbocycles. The molecule has 0 radical (unpaired) electrons. The van der Waals surface area contributed by atoms with E-state index in [0.717, 1.165) is 25.3 Å². The fraction of sp³-hybridized carbons (Fsp3) is 0.611. The third-order valence-corrected chi connectivity index (χ3v) is 5.80. The molecule has 3 aliphatic rings. The molecular formula is C18H23NO2.